The molecule has 1 aromatic heterocycles. The van der Waals surface area contributed by atoms with Gasteiger partial charge in [-0.05, 0) is 6.07 Å². The molecule has 3 aliphatic rings. The number of rotatable bonds is 6. The van der Waals surface area contributed by atoms with Gasteiger partial charge in [0, 0.05) is 44.2 Å². The normalized spacial score (nSPS) is 33.2. The summed E-state index contributed by atoms with van der Waals surface area (Å²) in [4.78, 5) is 17.1. The standard InChI is InChI=1S/C19H24F3N3O4/c20-13-8-23-3-1-11(13)7-24-9-15-17(27)18-14(29-15)5-12(28-18)6-16(26)25-4-2-19(21,22)10-25/h1,3,8,12,14-15,17-18,24,27H,2,4-7,9-10H2. The van der Waals surface area contributed by atoms with Gasteiger partial charge in [-0.25, -0.2) is 13.2 Å². The zero-order chi connectivity index (χ0) is 20.6. The first-order valence-corrected chi connectivity index (χ1v) is 9.76. The van der Waals surface area contributed by atoms with Gasteiger partial charge >= 0.3 is 0 Å². The molecule has 4 rings (SSSR count). The van der Waals surface area contributed by atoms with Crippen LogP contribution >= 0.6 is 0 Å². The second-order valence-electron chi connectivity index (χ2n) is 7.89. The van der Waals surface area contributed by atoms with Crippen LogP contribution in [0.5, 0.6) is 0 Å². The number of pyridine rings is 1. The number of halogens is 3. The van der Waals surface area contributed by atoms with Crippen molar-refractivity contribution < 1.29 is 32.5 Å². The number of aliphatic hydroxyl groups excluding tert-OH is 1. The molecule has 0 aliphatic carbocycles. The molecule has 0 saturated carbocycles. The molecule has 0 radical (unpaired) electrons. The van der Waals surface area contributed by atoms with E-state index in [9.17, 15) is 23.1 Å². The first-order chi connectivity index (χ1) is 13.8. The van der Waals surface area contributed by atoms with Crippen LogP contribution in [0.25, 0.3) is 0 Å². The second kappa shape index (κ2) is 8.17. The Labute approximate surface area is 166 Å². The maximum Gasteiger partial charge on any atom is 0.267 e. The van der Waals surface area contributed by atoms with Gasteiger partial charge in [0.25, 0.3) is 5.92 Å². The maximum atomic E-state index is 13.6. The Bertz CT molecular complexity index is 753. The molecule has 1 aromatic rings. The molecule has 0 bridgehead atoms. The SMILES string of the molecule is O=C(CC1CC2OC(CNCc3ccncc3F)C(O)C2O1)N1CCC(F)(F)C1. The minimum Gasteiger partial charge on any atom is -0.388 e. The molecule has 3 fully saturated rings. The number of ether oxygens (including phenoxy) is 2. The first-order valence-electron chi connectivity index (χ1n) is 9.76. The lowest BCUT2D eigenvalue weighted by Gasteiger charge is -2.22. The van der Waals surface area contributed by atoms with Crippen molar-refractivity contribution in [3.05, 3.63) is 29.8 Å². The van der Waals surface area contributed by atoms with E-state index in [-0.39, 0.29) is 37.9 Å². The lowest BCUT2D eigenvalue weighted by molar-refractivity contribution is -0.135. The lowest BCUT2D eigenvalue weighted by atomic mass is 10.1. The summed E-state index contributed by atoms with van der Waals surface area (Å²) < 4.78 is 51.8. The predicted molar refractivity (Wildman–Crippen MR) is 94.6 cm³/mol. The fourth-order valence-corrected chi connectivity index (χ4v) is 4.18. The highest BCUT2D eigenvalue weighted by Gasteiger charge is 2.51. The van der Waals surface area contributed by atoms with E-state index in [4.69, 9.17) is 9.47 Å². The van der Waals surface area contributed by atoms with Crippen LogP contribution in [0.4, 0.5) is 13.2 Å². The van der Waals surface area contributed by atoms with Crippen LogP contribution in [-0.2, 0) is 20.8 Å². The molecular formula is C19H24F3N3O4. The Hall–Kier alpha value is -1.75. The van der Waals surface area contributed by atoms with E-state index < -0.39 is 42.7 Å². The number of amides is 1. The van der Waals surface area contributed by atoms with Gasteiger partial charge < -0.3 is 24.8 Å². The van der Waals surface area contributed by atoms with Crippen LogP contribution in [0.2, 0.25) is 0 Å². The third-order valence-electron chi connectivity index (χ3n) is 5.72. The van der Waals surface area contributed by atoms with Gasteiger partial charge in [0.2, 0.25) is 5.91 Å². The van der Waals surface area contributed by atoms with Crippen molar-refractivity contribution in [2.75, 3.05) is 19.6 Å². The number of fused-ring (bicyclic) bond motifs is 1. The highest BCUT2D eigenvalue weighted by Crippen LogP contribution is 2.36. The zero-order valence-corrected chi connectivity index (χ0v) is 15.8. The summed E-state index contributed by atoms with van der Waals surface area (Å²) in [5.41, 5.74) is 0.468. The van der Waals surface area contributed by atoms with E-state index in [1.165, 1.54) is 11.1 Å². The molecular weight excluding hydrogens is 391 g/mol. The summed E-state index contributed by atoms with van der Waals surface area (Å²) in [7, 11) is 0. The summed E-state index contributed by atoms with van der Waals surface area (Å²) in [6.45, 7) is 0.0904. The highest BCUT2D eigenvalue weighted by molar-refractivity contribution is 5.77. The van der Waals surface area contributed by atoms with Gasteiger partial charge in [0.15, 0.2) is 0 Å². The molecule has 1 amide bonds. The summed E-state index contributed by atoms with van der Waals surface area (Å²) in [6, 6.07) is 1.57. The molecule has 3 saturated heterocycles. The van der Waals surface area contributed by atoms with Gasteiger partial charge in [0.05, 0.1) is 37.5 Å². The minimum absolute atomic E-state index is 0.00337. The topological polar surface area (TPSA) is 83.9 Å². The number of alkyl halides is 2. The first kappa shape index (κ1) is 20.5. The molecule has 29 heavy (non-hydrogen) atoms. The summed E-state index contributed by atoms with van der Waals surface area (Å²) in [5.74, 6) is -3.59. The molecule has 5 atom stereocenters. The van der Waals surface area contributed by atoms with Crippen molar-refractivity contribution in [3.63, 3.8) is 0 Å². The Balaban J connectivity index is 1.22. The number of hydrogen-bond acceptors (Lipinski definition) is 6. The smallest absolute Gasteiger partial charge is 0.267 e. The molecule has 7 nitrogen and oxygen atoms in total. The molecule has 4 heterocycles. The van der Waals surface area contributed by atoms with Crippen LogP contribution in [0, 0.1) is 5.82 Å². The van der Waals surface area contributed by atoms with Gasteiger partial charge in [-0.3, -0.25) is 9.78 Å². The van der Waals surface area contributed by atoms with E-state index in [1.54, 1.807) is 6.07 Å². The van der Waals surface area contributed by atoms with Crippen molar-refractivity contribution in [3.8, 4) is 0 Å². The van der Waals surface area contributed by atoms with E-state index in [1.807, 2.05) is 0 Å². The Morgan fingerprint density at radius 3 is 2.93 bits per heavy atom. The number of likely N-dealkylation sites (tertiary alicyclic amines) is 1. The number of nitrogens with one attached hydrogen (secondary N) is 1. The molecule has 0 spiro atoms. The molecule has 10 heteroatoms. The zero-order valence-electron chi connectivity index (χ0n) is 15.8. The van der Waals surface area contributed by atoms with Crippen LogP contribution in [0.3, 0.4) is 0 Å². The summed E-state index contributed by atoms with van der Waals surface area (Å²) in [5, 5.41) is 13.5. The number of carbonyl (C=O) groups is 1. The summed E-state index contributed by atoms with van der Waals surface area (Å²) in [6.07, 6.45) is -0.00261. The minimum atomic E-state index is -2.82. The fourth-order valence-electron chi connectivity index (χ4n) is 4.18. The Kier molecular flexibility index (Phi) is 5.78. The average molecular weight is 415 g/mol. The van der Waals surface area contributed by atoms with Crippen molar-refractivity contribution in [2.24, 2.45) is 0 Å². The number of aliphatic hydroxyl groups is 1. The lowest BCUT2D eigenvalue weighted by Crippen LogP contribution is -2.39. The number of aromatic nitrogens is 1. The van der Waals surface area contributed by atoms with Gasteiger partial charge in [0.1, 0.15) is 18.0 Å². The van der Waals surface area contributed by atoms with E-state index in [0.717, 1.165) is 6.20 Å². The molecule has 2 N–H and O–H groups in total. The third-order valence-corrected chi connectivity index (χ3v) is 5.72. The summed E-state index contributed by atoms with van der Waals surface area (Å²) >= 11 is 0. The highest BCUT2D eigenvalue weighted by atomic mass is 19.3. The van der Waals surface area contributed by atoms with Gasteiger partial charge in [-0.15, -0.1) is 0 Å². The third kappa shape index (κ3) is 4.55. The van der Waals surface area contributed by atoms with Crippen LogP contribution < -0.4 is 5.32 Å². The maximum absolute atomic E-state index is 13.6. The quantitative estimate of drug-likeness (QED) is 0.717. The number of nitrogens with zero attached hydrogens (tertiary/aromatic N) is 2. The van der Waals surface area contributed by atoms with Crippen molar-refractivity contribution in [2.45, 2.75) is 62.2 Å². The predicted octanol–water partition coefficient (Wildman–Crippen LogP) is 0.854. The van der Waals surface area contributed by atoms with Gasteiger partial charge in [-0.1, -0.05) is 0 Å². The van der Waals surface area contributed by atoms with Crippen LogP contribution in [0.15, 0.2) is 18.5 Å². The van der Waals surface area contributed by atoms with Crippen molar-refractivity contribution >= 4 is 5.91 Å². The molecule has 0 aromatic carbocycles. The Morgan fingerprint density at radius 1 is 1.41 bits per heavy atom. The number of hydrogen-bond donors (Lipinski definition) is 2. The van der Waals surface area contributed by atoms with E-state index in [2.05, 4.69) is 10.3 Å². The molecule has 160 valence electrons. The van der Waals surface area contributed by atoms with E-state index >= 15 is 0 Å². The van der Waals surface area contributed by atoms with Crippen LogP contribution in [-0.4, -0.2) is 77.0 Å². The second-order valence-corrected chi connectivity index (χ2v) is 7.89. The van der Waals surface area contributed by atoms with Crippen molar-refractivity contribution in [1.82, 2.24) is 15.2 Å². The van der Waals surface area contributed by atoms with Crippen LogP contribution in [0.1, 0.15) is 24.8 Å². The molecule has 3 aliphatic heterocycles. The van der Waals surface area contributed by atoms with Gasteiger partial charge in [-0.2, -0.15) is 0 Å². The largest absolute Gasteiger partial charge is 0.388 e. The van der Waals surface area contributed by atoms with Crippen molar-refractivity contribution in [1.29, 1.82) is 0 Å². The average Bonchev–Trinajstić information content (AvgIpc) is 3.31. The number of carbonyl (C=O) groups excluding carboxylic acids is 1. The molecule has 5 unspecified atom stereocenters. The van der Waals surface area contributed by atoms with E-state index in [0.29, 0.717) is 18.5 Å². The monoisotopic (exact) mass is 415 g/mol. The Morgan fingerprint density at radius 2 is 2.24 bits per heavy atom. The fraction of sp³-hybridized carbons (Fsp3) is 0.684.